The molecule has 1 amide bonds. The largest absolute Gasteiger partial charge is 0.491 e. The van der Waals surface area contributed by atoms with Crippen LogP contribution in [-0.4, -0.2) is 21.8 Å². The number of fused-ring (bicyclic) bond motifs is 1. The third-order valence-electron chi connectivity index (χ3n) is 4.54. The predicted octanol–water partition coefficient (Wildman–Crippen LogP) is 4.87. The Balaban J connectivity index is 1.59. The number of hydrogen-bond donors (Lipinski definition) is 1. The van der Waals surface area contributed by atoms with Gasteiger partial charge in [-0.3, -0.25) is 9.48 Å². The number of carbonyl (C=O) groups excluding carboxylic acids is 1. The van der Waals surface area contributed by atoms with Gasteiger partial charge in [-0.05, 0) is 43.7 Å². The molecule has 0 radical (unpaired) electrons. The highest BCUT2D eigenvalue weighted by Crippen LogP contribution is 2.25. The van der Waals surface area contributed by atoms with Crippen molar-refractivity contribution in [3.63, 3.8) is 0 Å². The number of halogens is 2. The molecule has 0 aliphatic carbocycles. The molecule has 0 spiro atoms. The Kier molecular flexibility index (Phi) is 5.96. The molecular formula is C23H19ClFN3O4. The number of carbonyl (C=O) groups is 1. The lowest BCUT2D eigenvalue weighted by Crippen LogP contribution is -2.16. The molecule has 0 saturated carbocycles. The number of hydrogen-bond acceptors (Lipinski definition) is 5. The van der Waals surface area contributed by atoms with E-state index < -0.39 is 11.5 Å². The van der Waals surface area contributed by atoms with Crippen LogP contribution < -0.4 is 15.7 Å². The van der Waals surface area contributed by atoms with Crippen molar-refractivity contribution in [1.82, 2.24) is 9.78 Å². The van der Waals surface area contributed by atoms with Crippen LogP contribution in [0.5, 0.6) is 5.75 Å². The molecular weight excluding hydrogens is 437 g/mol. The van der Waals surface area contributed by atoms with Gasteiger partial charge >= 0.3 is 5.63 Å². The van der Waals surface area contributed by atoms with Crippen molar-refractivity contribution >= 4 is 34.3 Å². The minimum atomic E-state index is -0.669. The molecule has 4 aromatic rings. The zero-order chi connectivity index (χ0) is 22.8. The van der Waals surface area contributed by atoms with Crippen LogP contribution in [0.15, 0.2) is 63.9 Å². The van der Waals surface area contributed by atoms with Crippen LogP contribution in [0.4, 0.5) is 10.2 Å². The fraction of sp³-hybridized carbons (Fsp3) is 0.174. The number of nitrogens with zero attached hydrogens (tertiary/aromatic N) is 2. The Morgan fingerprint density at radius 2 is 1.97 bits per heavy atom. The van der Waals surface area contributed by atoms with E-state index in [1.165, 1.54) is 16.8 Å². The van der Waals surface area contributed by atoms with E-state index in [0.29, 0.717) is 17.7 Å². The van der Waals surface area contributed by atoms with Crippen molar-refractivity contribution in [3.8, 4) is 5.75 Å². The van der Waals surface area contributed by atoms with E-state index in [0.717, 1.165) is 11.6 Å². The van der Waals surface area contributed by atoms with Gasteiger partial charge in [0.1, 0.15) is 22.2 Å². The summed E-state index contributed by atoms with van der Waals surface area (Å²) in [5, 5.41) is 7.58. The maximum absolute atomic E-state index is 13.1. The van der Waals surface area contributed by atoms with Crippen LogP contribution in [0.1, 0.15) is 29.8 Å². The van der Waals surface area contributed by atoms with E-state index >= 15 is 0 Å². The molecule has 164 valence electrons. The molecule has 0 aliphatic rings. The van der Waals surface area contributed by atoms with E-state index in [2.05, 4.69) is 10.4 Å². The van der Waals surface area contributed by atoms with E-state index in [1.54, 1.807) is 36.5 Å². The first kappa shape index (κ1) is 21.6. The molecule has 1 N–H and O–H groups in total. The normalized spacial score (nSPS) is 11.2. The van der Waals surface area contributed by atoms with Crippen molar-refractivity contribution in [2.24, 2.45) is 0 Å². The second-order valence-electron chi connectivity index (χ2n) is 7.41. The van der Waals surface area contributed by atoms with Crippen molar-refractivity contribution < 1.29 is 18.3 Å². The number of benzene rings is 2. The third kappa shape index (κ3) is 4.81. The summed E-state index contributed by atoms with van der Waals surface area (Å²) in [6.07, 6.45) is 1.49. The molecule has 4 rings (SSSR count). The quantitative estimate of drug-likeness (QED) is 0.419. The molecule has 0 atom stereocenters. The highest BCUT2D eigenvalue weighted by molar-refractivity contribution is 6.33. The molecule has 0 fully saturated rings. The van der Waals surface area contributed by atoms with Gasteiger partial charge < -0.3 is 14.5 Å². The summed E-state index contributed by atoms with van der Waals surface area (Å²) in [6, 6.07) is 12.0. The smallest absolute Gasteiger partial charge is 0.337 e. The Labute approximate surface area is 187 Å². The van der Waals surface area contributed by atoms with Crippen molar-refractivity contribution in [3.05, 3.63) is 87.1 Å². The van der Waals surface area contributed by atoms with Crippen LogP contribution >= 0.6 is 11.6 Å². The van der Waals surface area contributed by atoms with E-state index in [9.17, 15) is 14.0 Å². The standard InChI is InChI=1S/C23H19ClFN3O4/c1-13(2)31-16-7-8-17-18(10-21(29)32-20(17)9-16)23(30)26-22-19(24)12-28(27-22)11-14-3-5-15(25)6-4-14/h3-10,12-13H,11H2,1-2H3,(H,26,27,30). The molecule has 9 heteroatoms. The molecule has 0 aliphatic heterocycles. The van der Waals surface area contributed by atoms with Crippen LogP contribution in [-0.2, 0) is 6.54 Å². The first-order chi connectivity index (χ1) is 15.3. The Bertz CT molecular complexity index is 1350. The Morgan fingerprint density at radius 3 is 2.69 bits per heavy atom. The average Bonchev–Trinajstić information content (AvgIpc) is 3.07. The molecule has 2 aromatic carbocycles. The van der Waals surface area contributed by atoms with Crippen molar-refractivity contribution in [1.29, 1.82) is 0 Å². The molecule has 0 unspecified atom stereocenters. The number of aromatic nitrogens is 2. The van der Waals surface area contributed by atoms with Gasteiger partial charge in [-0.1, -0.05) is 23.7 Å². The van der Waals surface area contributed by atoms with Crippen LogP contribution in [0.3, 0.4) is 0 Å². The van der Waals surface area contributed by atoms with Gasteiger partial charge in [0.25, 0.3) is 5.91 Å². The molecule has 2 heterocycles. The molecule has 0 saturated heterocycles. The summed E-state index contributed by atoms with van der Waals surface area (Å²) in [5.74, 6) is -0.229. The predicted molar refractivity (Wildman–Crippen MR) is 119 cm³/mol. The van der Waals surface area contributed by atoms with Crippen LogP contribution in [0.25, 0.3) is 11.0 Å². The van der Waals surface area contributed by atoms with E-state index in [1.807, 2.05) is 13.8 Å². The number of anilines is 1. The van der Waals surface area contributed by atoms with Crippen LogP contribution in [0, 0.1) is 5.82 Å². The first-order valence-electron chi connectivity index (χ1n) is 9.82. The summed E-state index contributed by atoms with van der Waals surface area (Å²) in [4.78, 5) is 25.0. The summed E-state index contributed by atoms with van der Waals surface area (Å²) < 4.78 is 25.5. The molecule has 2 aromatic heterocycles. The first-order valence-corrected chi connectivity index (χ1v) is 10.2. The number of amides is 1. The van der Waals surface area contributed by atoms with E-state index in [-0.39, 0.29) is 33.9 Å². The topological polar surface area (TPSA) is 86.4 Å². The third-order valence-corrected chi connectivity index (χ3v) is 4.82. The summed E-state index contributed by atoms with van der Waals surface area (Å²) in [5.41, 5.74) is 0.497. The van der Waals surface area contributed by atoms with Gasteiger partial charge in [0.2, 0.25) is 0 Å². The van der Waals surface area contributed by atoms with Gasteiger partial charge in [0.15, 0.2) is 5.82 Å². The van der Waals surface area contributed by atoms with Crippen molar-refractivity contribution in [2.45, 2.75) is 26.5 Å². The highest BCUT2D eigenvalue weighted by Gasteiger charge is 2.17. The minimum Gasteiger partial charge on any atom is -0.491 e. The number of nitrogens with one attached hydrogen (secondary N) is 1. The van der Waals surface area contributed by atoms with E-state index in [4.69, 9.17) is 20.8 Å². The Morgan fingerprint density at radius 1 is 1.22 bits per heavy atom. The van der Waals surface area contributed by atoms with Gasteiger partial charge in [-0.25, -0.2) is 9.18 Å². The molecule has 32 heavy (non-hydrogen) atoms. The SMILES string of the molecule is CC(C)Oc1ccc2c(C(=O)Nc3nn(Cc4ccc(F)cc4)cc3Cl)cc(=O)oc2c1. The van der Waals surface area contributed by atoms with Gasteiger partial charge in [-0.15, -0.1) is 0 Å². The zero-order valence-corrected chi connectivity index (χ0v) is 18.0. The zero-order valence-electron chi connectivity index (χ0n) is 17.3. The molecule has 0 bridgehead atoms. The fourth-order valence-corrected chi connectivity index (χ4v) is 3.39. The fourth-order valence-electron chi connectivity index (χ4n) is 3.19. The lowest BCUT2D eigenvalue weighted by atomic mass is 10.1. The summed E-state index contributed by atoms with van der Waals surface area (Å²) in [6.45, 7) is 4.10. The maximum atomic E-state index is 13.1. The molecule has 7 nitrogen and oxygen atoms in total. The van der Waals surface area contributed by atoms with Gasteiger partial charge in [0.05, 0.1) is 18.2 Å². The summed E-state index contributed by atoms with van der Waals surface area (Å²) >= 11 is 6.23. The lowest BCUT2D eigenvalue weighted by Gasteiger charge is -2.11. The maximum Gasteiger partial charge on any atom is 0.337 e. The number of rotatable bonds is 6. The minimum absolute atomic E-state index is 0.0576. The van der Waals surface area contributed by atoms with Crippen molar-refractivity contribution in [2.75, 3.05) is 5.32 Å². The highest BCUT2D eigenvalue weighted by atomic mass is 35.5. The average molecular weight is 456 g/mol. The lowest BCUT2D eigenvalue weighted by molar-refractivity contribution is 0.102. The Hall–Kier alpha value is -3.65. The second-order valence-corrected chi connectivity index (χ2v) is 7.81. The number of ether oxygens (including phenoxy) is 1. The van der Waals surface area contributed by atoms with Crippen LogP contribution in [0.2, 0.25) is 5.02 Å². The monoisotopic (exact) mass is 455 g/mol. The summed E-state index contributed by atoms with van der Waals surface area (Å²) in [7, 11) is 0. The van der Waals surface area contributed by atoms with Gasteiger partial charge in [0, 0.05) is 23.7 Å². The second kappa shape index (κ2) is 8.84. The van der Waals surface area contributed by atoms with Gasteiger partial charge in [-0.2, -0.15) is 5.10 Å².